The molecule has 1 aliphatic rings. The van der Waals surface area contributed by atoms with Gasteiger partial charge in [-0.05, 0) is 35.2 Å². The molecule has 4 rings (SSSR count). The molecule has 1 aromatic heterocycles. The van der Waals surface area contributed by atoms with E-state index in [4.69, 9.17) is 4.74 Å². The van der Waals surface area contributed by atoms with Crippen LogP contribution in [0.25, 0.3) is 5.69 Å². The first-order valence-electron chi connectivity index (χ1n) is 11.2. The number of para-hydroxylation sites is 1. The van der Waals surface area contributed by atoms with E-state index in [1.165, 1.54) is 11.4 Å². The minimum Gasteiger partial charge on any atom is -0.493 e. The fraction of sp³-hybridized carbons (Fsp3) is 0.360. The molecule has 3 aromatic rings. The number of ether oxygens (including phenoxy) is 1. The van der Waals surface area contributed by atoms with Gasteiger partial charge in [-0.3, -0.25) is 4.79 Å². The van der Waals surface area contributed by atoms with E-state index in [9.17, 15) is 13.2 Å². The number of hydrogen-bond donors (Lipinski definition) is 0. The summed E-state index contributed by atoms with van der Waals surface area (Å²) >= 11 is 0. The smallest absolute Gasteiger partial charge is 0.278 e. The summed E-state index contributed by atoms with van der Waals surface area (Å²) in [5, 5.41) is 4.44. The predicted octanol–water partition coefficient (Wildman–Crippen LogP) is 3.33. The second kappa shape index (κ2) is 9.23. The van der Waals surface area contributed by atoms with Crippen LogP contribution in [-0.4, -0.2) is 66.6 Å². The number of sulfonamides is 1. The number of carbonyl (C=O) groups excluding carboxylic acids is 1. The van der Waals surface area contributed by atoms with Crippen molar-refractivity contribution < 1.29 is 17.9 Å². The molecule has 8 nitrogen and oxygen atoms in total. The Labute approximate surface area is 200 Å². The van der Waals surface area contributed by atoms with Gasteiger partial charge in [0.15, 0.2) is 11.4 Å². The van der Waals surface area contributed by atoms with Crippen LogP contribution in [0.1, 0.15) is 36.8 Å². The van der Waals surface area contributed by atoms with Crippen LogP contribution in [0.4, 0.5) is 0 Å². The van der Waals surface area contributed by atoms with Gasteiger partial charge in [-0.25, -0.2) is 13.1 Å². The lowest BCUT2D eigenvalue weighted by molar-refractivity contribution is 0.0688. The largest absolute Gasteiger partial charge is 0.493 e. The van der Waals surface area contributed by atoms with Crippen molar-refractivity contribution in [3.63, 3.8) is 0 Å². The van der Waals surface area contributed by atoms with Crippen molar-refractivity contribution in [2.75, 3.05) is 33.3 Å². The number of nitrogens with zero attached hydrogens (tertiary/aromatic N) is 4. The lowest BCUT2D eigenvalue weighted by atomic mass is 9.87. The highest BCUT2D eigenvalue weighted by atomic mass is 32.2. The van der Waals surface area contributed by atoms with Crippen LogP contribution in [0.5, 0.6) is 5.75 Å². The highest BCUT2D eigenvalue weighted by Gasteiger charge is 2.32. The molecule has 2 aromatic carbocycles. The zero-order valence-electron chi connectivity index (χ0n) is 19.9. The third kappa shape index (κ3) is 4.71. The van der Waals surface area contributed by atoms with Gasteiger partial charge in [0.2, 0.25) is 10.0 Å². The van der Waals surface area contributed by atoms with Gasteiger partial charge in [0, 0.05) is 26.2 Å². The average molecular weight is 483 g/mol. The summed E-state index contributed by atoms with van der Waals surface area (Å²) in [6.45, 7) is 7.26. The third-order valence-electron chi connectivity index (χ3n) is 6.01. The van der Waals surface area contributed by atoms with Gasteiger partial charge < -0.3 is 9.64 Å². The van der Waals surface area contributed by atoms with Crippen molar-refractivity contribution in [1.29, 1.82) is 0 Å². The Bertz CT molecular complexity index is 1250. The van der Waals surface area contributed by atoms with Gasteiger partial charge in [0.1, 0.15) is 0 Å². The van der Waals surface area contributed by atoms with E-state index >= 15 is 0 Å². The van der Waals surface area contributed by atoms with Crippen LogP contribution in [0.2, 0.25) is 0 Å². The average Bonchev–Trinajstić information content (AvgIpc) is 3.28. The molecule has 1 aliphatic heterocycles. The summed E-state index contributed by atoms with van der Waals surface area (Å²) in [4.78, 5) is 15.1. The number of hydrogen-bond acceptors (Lipinski definition) is 5. The monoisotopic (exact) mass is 482 g/mol. The topological polar surface area (TPSA) is 84.7 Å². The minimum absolute atomic E-state index is 0.0527. The second-order valence-corrected chi connectivity index (χ2v) is 11.2. The maximum Gasteiger partial charge on any atom is 0.278 e. The van der Waals surface area contributed by atoms with Crippen LogP contribution in [-0.2, 0) is 15.4 Å². The van der Waals surface area contributed by atoms with E-state index in [0.29, 0.717) is 5.75 Å². The summed E-state index contributed by atoms with van der Waals surface area (Å²) < 4.78 is 34.7. The molecule has 180 valence electrons. The molecule has 34 heavy (non-hydrogen) atoms. The van der Waals surface area contributed by atoms with Crippen LogP contribution < -0.4 is 4.74 Å². The Morgan fingerprint density at radius 3 is 2.12 bits per heavy atom. The summed E-state index contributed by atoms with van der Waals surface area (Å²) in [6.07, 6.45) is 1.67. The molecule has 0 atom stereocenters. The molecule has 0 radical (unpaired) electrons. The number of carbonyl (C=O) groups is 1. The van der Waals surface area contributed by atoms with Crippen LogP contribution in [0.3, 0.4) is 0 Å². The zero-order valence-corrected chi connectivity index (χ0v) is 20.7. The van der Waals surface area contributed by atoms with Crippen molar-refractivity contribution >= 4 is 15.9 Å². The maximum absolute atomic E-state index is 13.2. The molecular weight excluding hydrogens is 452 g/mol. The lowest BCUT2D eigenvalue weighted by Crippen LogP contribution is -2.50. The van der Waals surface area contributed by atoms with E-state index in [1.54, 1.807) is 27.9 Å². The lowest BCUT2D eigenvalue weighted by Gasteiger charge is -2.33. The Balaban J connectivity index is 1.46. The van der Waals surface area contributed by atoms with Gasteiger partial charge in [-0.15, -0.1) is 0 Å². The number of amides is 1. The fourth-order valence-corrected chi connectivity index (χ4v) is 5.35. The number of aromatic nitrogens is 2. The van der Waals surface area contributed by atoms with E-state index in [2.05, 4.69) is 25.9 Å². The summed E-state index contributed by atoms with van der Waals surface area (Å²) in [5.41, 5.74) is 2.04. The molecule has 9 heteroatoms. The molecule has 1 amide bonds. The van der Waals surface area contributed by atoms with Crippen LogP contribution in [0.15, 0.2) is 65.7 Å². The van der Waals surface area contributed by atoms with Crippen molar-refractivity contribution in [3.8, 4) is 11.4 Å². The minimum atomic E-state index is -3.63. The van der Waals surface area contributed by atoms with E-state index in [-0.39, 0.29) is 48.1 Å². The summed E-state index contributed by atoms with van der Waals surface area (Å²) in [5.74, 6) is 0.0981. The quantitative estimate of drug-likeness (QED) is 0.557. The molecular formula is C25H30N4O4S. The molecule has 0 N–H and O–H groups in total. The molecule has 0 spiro atoms. The van der Waals surface area contributed by atoms with Crippen LogP contribution >= 0.6 is 0 Å². The Morgan fingerprint density at radius 2 is 1.56 bits per heavy atom. The first-order chi connectivity index (χ1) is 16.1. The van der Waals surface area contributed by atoms with Crippen molar-refractivity contribution in [1.82, 2.24) is 19.0 Å². The van der Waals surface area contributed by atoms with Gasteiger partial charge in [-0.2, -0.15) is 9.40 Å². The number of piperazine rings is 1. The van der Waals surface area contributed by atoms with E-state index in [1.807, 2.05) is 42.5 Å². The number of methoxy groups -OCH3 is 1. The number of benzene rings is 2. The molecule has 2 heterocycles. The molecule has 1 saturated heterocycles. The number of rotatable bonds is 5. The predicted molar refractivity (Wildman–Crippen MR) is 130 cm³/mol. The molecule has 0 aliphatic carbocycles. The van der Waals surface area contributed by atoms with Crippen LogP contribution in [0, 0.1) is 0 Å². The summed E-state index contributed by atoms with van der Waals surface area (Å²) in [6, 6.07) is 16.5. The highest BCUT2D eigenvalue weighted by molar-refractivity contribution is 7.89. The molecule has 0 bridgehead atoms. The Kier molecular flexibility index (Phi) is 6.51. The molecule has 0 unspecified atom stereocenters. The van der Waals surface area contributed by atoms with Crippen molar-refractivity contribution in [2.24, 2.45) is 0 Å². The highest BCUT2D eigenvalue weighted by Crippen LogP contribution is 2.26. The van der Waals surface area contributed by atoms with Gasteiger partial charge in [-0.1, -0.05) is 51.1 Å². The fourth-order valence-electron chi connectivity index (χ4n) is 3.93. The van der Waals surface area contributed by atoms with E-state index in [0.717, 1.165) is 11.3 Å². The van der Waals surface area contributed by atoms with E-state index < -0.39 is 10.0 Å². The van der Waals surface area contributed by atoms with Gasteiger partial charge >= 0.3 is 0 Å². The normalized spacial score (nSPS) is 15.4. The molecule has 1 fully saturated rings. The van der Waals surface area contributed by atoms with Crippen molar-refractivity contribution in [3.05, 3.63) is 72.1 Å². The Morgan fingerprint density at radius 1 is 0.941 bits per heavy atom. The first kappa shape index (κ1) is 24.0. The molecule has 0 saturated carbocycles. The first-order valence-corrected chi connectivity index (χ1v) is 12.6. The van der Waals surface area contributed by atoms with Crippen molar-refractivity contribution in [2.45, 2.75) is 31.1 Å². The summed E-state index contributed by atoms with van der Waals surface area (Å²) in [7, 11) is -2.13. The van der Waals surface area contributed by atoms with Gasteiger partial charge in [0.05, 0.1) is 23.9 Å². The maximum atomic E-state index is 13.2. The van der Waals surface area contributed by atoms with Gasteiger partial charge in [0.25, 0.3) is 5.91 Å². The SMILES string of the molecule is COc1cn(-c2ccccc2)nc1C(=O)N1CCN(S(=O)(=O)c2ccc(C(C)(C)C)cc2)CC1. The Hall–Kier alpha value is -3.17. The third-order valence-corrected chi connectivity index (χ3v) is 7.92. The zero-order chi connectivity index (χ0) is 24.5. The standard InChI is InChI=1S/C25H30N4O4S/c1-25(2,3)19-10-12-21(13-11-19)34(31,32)28-16-14-27(15-17-28)24(30)23-22(33-4)18-29(26-23)20-8-6-5-7-9-20/h5-13,18H,14-17H2,1-4H3. The second-order valence-electron chi connectivity index (χ2n) is 9.30.